The van der Waals surface area contributed by atoms with Crippen molar-refractivity contribution in [3.05, 3.63) is 169 Å². The van der Waals surface area contributed by atoms with Crippen molar-refractivity contribution in [1.82, 2.24) is 41.5 Å². The van der Waals surface area contributed by atoms with Gasteiger partial charge in [-0.05, 0) is 160 Å². The van der Waals surface area contributed by atoms with Gasteiger partial charge < -0.3 is 169 Å². The van der Waals surface area contributed by atoms with E-state index in [1.165, 1.54) is 45.3 Å². The van der Waals surface area contributed by atoms with Gasteiger partial charge >= 0.3 is 18.0 Å². The summed E-state index contributed by atoms with van der Waals surface area (Å²) >= 11 is 14.6. The summed E-state index contributed by atoms with van der Waals surface area (Å²) in [5.74, 6) is -21.5. The fourth-order valence-electron chi connectivity index (χ4n) is 17.8. The van der Waals surface area contributed by atoms with Crippen molar-refractivity contribution in [2.45, 2.75) is 240 Å². The molecule has 2 unspecified atom stereocenters. The molecule has 6 aromatic carbocycles. The van der Waals surface area contributed by atoms with E-state index in [9.17, 15) is 98.4 Å². The third kappa shape index (κ3) is 26.9. The average Bonchev–Trinajstić information content (AvgIpc) is 0.753. The number of Topliss-reactive ketones (excluding diaryl/α,β-unsaturated/α-hetero) is 2. The molecule has 1 aromatic heterocycles. The smallest absolute Gasteiger partial charge is 0.573 e. The summed E-state index contributed by atoms with van der Waals surface area (Å²) < 4.78 is 95.2. The molecule has 0 radical (unpaired) electrons. The normalized spacial score (nSPS) is 27.4. The van der Waals surface area contributed by atoms with Crippen molar-refractivity contribution >= 4 is 82.0 Å². The molecule has 0 spiro atoms. The van der Waals surface area contributed by atoms with Gasteiger partial charge in [0.05, 0.1) is 86.1 Å². The van der Waals surface area contributed by atoms with E-state index in [2.05, 4.69) is 46.9 Å². The van der Waals surface area contributed by atoms with Crippen molar-refractivity contribution in [1.29, 1.82) is 0 Å². The van der Waals surface area contributed by atoms with E-state index in [1.807, 2.05) is 35.0 Å². The Kier molecular flexibility index (Phi) is 37.3. The molecule has 9 heterocycles. The van der Waals surface area contributed by atoms with Crippen LogP contribution in [0.1, 0.15) is 160 Å². The number of likely N-dealkylation sites (N-methyl/N-ethyl adjacent to an activating group) is 2. The lowest BCUT2D eigenvalue weighted by Crippen LogP contribution is -3.00. The lowest BCUT2D eigenvalue weighted by molar-refractivity contribution is -0.869. The molecule has 6 amide bonds. The molecular weight excluding hydrogens is 1980 g/mol. The Labute approximate surface area is 844 Å². The molecule has 8 aliphatic rings. The van der Waals surface area contributed by atoms with E-state index >= 15 is 24.0 Å². The summed E-state index contributed by atoms with van der Waals surface area (Å²) in [7, 11) is 7.17. The van der Waals surface area contributed by atoms with E-state index < -0.39 is 315 Å². The van der Waals surface area contributed by atoms with Crippen molar-refractivity contribution in [2.24, 2.45) is 23.3 Å². The van der Waals surface area contributed by atoms with Gasteiger partial charge in [0.1, 0.15) is 113 Å². The number of amides is 6. The number of carbonyl (C=O) groups is 9. The number of ketones is 2. The number of quaternary nitrogens is 1. The van der Waals surface area contributed by atoms with Crippen LogP contribution in [-0.2, 0) is 75.1 Å². The first-order valence-corrected chi connectivity index (χ1v) is 46.5. The highest BCUT2D eigenvalue weighted by Gasteiger charge is 2.54. The lowest BCUT2D eigenvalue weighted by Gasteiger charge is -2.46. The summed E-state index contributed by atoms with van der Waals surface area (Å²) in [6.07, 6.45) is -35.7. The van der Waals surface area contributed by atoms with Gasteiger partial charge in [0.2, 0.25) is 41.6 Å². The van der Waals surface area contributed by atoms with Crippen LogP contribution < -0.4 is 85.7 Å². The number of hydrogen-bond donors (Lipinski definition) is 21. The van der Waals surface area contributed by atoms with Crippen LogP contribution in [-0.4, -0.2) is 286 Å². The molecule has 15 rings (SSSR count). The fraction of sp³-hybridized carbons (Fsp3) is 0.490. The Hall–Kier alpha value is -11.6. The number of aliphatic hydroxyl groups excluding tert-OH is 8. The molecule has 3 saturated heterocycles. The second kappa shape index (κ2) is 47.5. The van der Waals surface area contributed by atoms with E-state index in [4.69, 9.17) is 72.6 Å². The lowest BCUT2D eigenvalue weighted by atomic mass is 9.84. The summed E-state index contributed by atoms with van der Waals surface area (Å²) in [6.45, 7) is 5.77. The van der Waals surface area contributed by atoms with Crippen molar-refractivity contribution in [3.63, 3.8) is 0 Å². The first-order valence-electron chi connectivity index (χ1n) is 45.7. The average molecular weight is 2100 g/mol. The van der Waals surface area contributed by atoms with Crippen LogP contribution in [0.25, 0.3) is 11.1 Å². The maximum absolute atomic E-state index is 16.8. The number of primary amides is 1. The zero-order valence-electron chi connectivity index (χ0n) is 78.8. The van der Waals surface area contributed by atoms with E-state index in [1.54, 1.807) is 0 Å². The van der Waals surface area contributed by atoms with E-state index in [0.717, 1.165) is 89.5 Å². The molecule has 11 bridgehead atoms. The molecule has 23 N–H and O–H groups in total. The Morgan fingerprint density at radius 1 is 0.724 bits per heavy atom. The molecule has 43 nitrogen and oxygen atoms in total. The minimum atomic E-state index is -4.99. The molecule has 7 aromatic rings. The topological polar surface area (TPSA) is 651 Å². The number of benzene rings is 6. The van der Waals surface area contributed by atoms with E-state index in [-0.39, 0.29) is 111 Å². The SMILES string of the molecule is C.CN[C@H](CC(C)C)C(=O)NC1C(=O)C[C@@H](CC(N)=O)C(=O)N[C@H]2C(=O)C[C@H]3C(=O)N[C@H](C(=O)N[C@@H](C(=O)O)c4cc(O)c(CNCC[N+](C)(C)C)c(O)c4-c4cc3ccc4O)[C@H](OC3C[C@](C)(N)[C@@H](O)[C@H](C)O3)c3ccc(c(Cl)c3)Oc3cc2cc(c3O[C@@H]2O[C@H](CO)[C@@H](O[C@@H]3O[C@H](CCCCn4ccc(NC(=O)c5ccc(OC(F)(F)F)cc5)nc4=O)[C@H](O)[C@H](O)[C@H]3O)[C@H](O)[C@H]2O)Oc2ccc(cc2Cl)[C@H]1O.[Cl-]. The van der Waals surface area contributed by atoms with Gasteiger partial charge in [0, 0.05) is 79.3 Å². The van der Waals surface area contributed by atoms with Gasteiger partial charge in [-0.25, -0.2) is 9.59 Å². The molecule has 145 heavy (non-hydrogen) atoms. The maximum atomic E-state index is 16.8. The number of hydrogen-bond acceptors (Lipinski definition) is 34. The molecule has 790 valence electrons. The van der Waals surface area contributed by atoms with Crippen LogP contribution >= 0.6 is 23.2 Å². The van der Waals surface area contributed by atoms with Crippen LogP contribution in [0.4, 0.5) is 19.0 Å². The number of rotatable bonds is 28. The zero-order valence-corrected chi connectivity index (χ0v) is 81.0. The predicted octanol–water partition coefficient (Wildman–Crippen LogP) is 0.928. The molecule has 49 heteroatoms. The van der Waals surface area contributed by atoms with Crippen LogP contribution in [0.5, 0.6) is 51.7 Å². The number of phenolic OH excluding ortho intramolecular Hbond substituents is 3. The summed E-state index contributed by atoms with van der Waals surface area (Å²) in [5.41, 5.74) is 7.11. The number of aromatic hydroxyl groups is 3. The Balaban J connectivity index is 0.0000100. The number of aliphatic hydroxyl groups is 8. The van der Waals surface area contributed by atoms with Crippen molar-refractivity contribution in [2.75, 3.05) is 53.2 Å². The van der Waals surface area contributed by atoms with Crippen LogP contribution in [0.3, 0.4) is 0 Å². The van der Waals surface area contributed by atoms with Gasteiger partial charge in [-0.3, -0.25) is 42.9 Å². The highest BCUT2D eigenvalue weighted by atomic mass is 35.5. The quantitative estimate of drug-likeness (QED) is 0.0240. The number of carbonyl (C=O) groups excluding carboxylic acids is 8. The minimum absolute atomic E-state index is 0. The number of anilines is 1. The van der Waals surface area contributed by atoms with Gasteiger partial charge in [-0.15, -0.1) is 13.2 Å². The van der Waals surface area contributed by atoms with Gasteiger partial charge in [0.25, 0.3) is 5.91 Å². The Bertz CT molecular complexity index is 5970. The van der Waals surface area contributed by atoms with Crippen molar-refractivity contribution < 1.29 is 177 Å². The number of nitrogens with zero attached hydrogens (tertiary/aromatic N) is 3. The van der Waals surface area contributed by atoms with Gasteiger partial charge in [-0.2, -0.15) is 4.98 Å². The number of fused-ring (bicyclic) bond motifs is 15. The maximum Gasteiger partial charge on any atom is 0.573 e. The number of aliphatic carboxylic acids is 1. The Morgan fingerprint density at radius 3 is 1.97 bits per heavy atom. The van der Waals surface area contributed by atoms with Gasteiger partial charge in [0.15, 0.2) is 41.7 Å². The van der Waals surface area contributed by atoms with Crippen LogP contribution in [0, 0.1) is 11.8 Å². The number of carboxylic acid groups (broad SMARTS) is 1. The van der Waals surface area contributed by atoms with E-state index in [0.29, 0.717) is 11.0 Å². The highest BCUT2D eigenvalue weighted by molar-refractivity contribution is 6.32. The molecule has 0 aliphatic carbocycles. The third-order valence-electron chi connectivity index (χ3n) is 25.4. The number of aryl methyl sites for hydroxylation is 1. The number of ether oxygens (including phenoxy) is 9. The zero-order chi connectivity index (χ0) is 104. The number of aromatic nitrogens is 2. The first-order chi connectivity index (χ1) is 67.4. The molecule has 23 atom stereocenters. The standard InChI is InChI=1S/C95H113Cl2F3N12O31.CH4.ClH/c1-40(2)27-55(103-5)88(130)109-72-58(116)31-47(34-66(101)118)86(128)107-70-46-32-63(136-60-20-15-44(74(72)119)29-53(60)96)82(141-92-80(125)78(123)83(65(39-113)139-92)142-91-79(124)77(122)76(121)62(138-91)11-9-10-24-111-25-22-67(106-93(111)134)105-85(127)42-12-17-48(18-13-42)143-95(98,99)100)64(33-46)137-61-21-16-45(30-54(61)97)81(140-68-37-94(4,102)84(126)41(3)135-68)73-89(131)108-71(90(132)133)51-36-57(115)52(38-104-23-26-112(6,7)8)75(120)69(51)50-28-43(14-19-56(50)114)49(35-59(70)117)87(129)110-73;;/h12-22,25,28-30,32-33,36,40-41,47,49,55,62,65,68,70-74,76-81,83-84,91-92,103-104,113,119,121-126H,9-11,23-24,26-27,31,34-35,37-39,102H2,1-8H3,(H10-,101,105,106,107,108,109,110,114,115,118,120,127,128,129,130,131,132,133,134);1H4;1H/t41-,47-,49+,55+,62+,65+,68?,70+,71+,72?,73-,74+,76-,77-,78+,79+,80+,81+,83+,84-,91-,92-,94-;;/m0../s1. The summed E-state index contributed by atoms with van der Waals surface area (Å²) in [6, 6.07) is 8.41. The highest BCUT2D eigenvalue weighted by Crippen LogP contribution is 2.52. The number of alkyl halides is 3. The Morgan fingerprint density at radius 2 is 1.37 bits per heavy atom. The third-order valence-corrected chi connectivity index (χ3v) is 26.0. The second-order valence-corrected chi connectivity index (χ2v) is 38.5. The predicted molar refractivity (Wildman–Crippen MR) is 502 cm³/mol. The van der Waals surface area contributed by atoms with Gasteiger partial charge in [-0.1, -0.05) is 62.7 Å². The molecular formula is C96H118Cl3F3N12O31. The molecule has 8 aliphatic heterocycles. The monoisotopic (exact) mass is 2100 g/mol. The number of halogens is 6. The largest absolute Gasteiger partial charge is 1.00 e. The first kappa shape index (κ1) is 114. The number of nitrogens with one attached hydrogen (secondary N) is 7. The number of nitrogens with two attached hydrogens (primary N) is 2. The van der Waals surface area contributed by atoms with Crippen LogP contribution in [0.2, 0.25) is 10.0 Å². The second-order valence-electron chi connectivity index (χ2n) is 37.7. The summed E-state index contributed by atoms with van der Waals surface area (Å²) in [4.78, 5) is 152. The molecule has 3 fully saturated rings. The molecule has 0 saturated carbocycles. The number of unbranched alkanes of at least 4 members (excludes halogenated alkanes) is 1. The van der Waals surface area contributed by atoms with Crippen LogP contribution in [0.15, 0.2) is 114 Å². The van der Waals surface area contributed by atoms with Crippen molar-refractivity contribution in [3.8, 4) is 62.9 Å². The fourth-order valence-corrected chi connectivity index (χ4v) is 18.2. The summed E-state index contributed by atoms with van der Waals surface area (Å²) in [5, 5.41) is 161. The number of phenols is 3. The minimum Gasteiger partial charge on any atom is -1.00 e. The number of carboxylic acids is 1.